The number of aromatic nitrogens is 5. The molecule has 8 nitrogen and oxygen atoms in total. The first kappa shape index (κ1) is 16.6. The van der Waals surface area contributed by atoms with Crippen LogP contribution in [0.3, 0.4) is 0 Å². The first-order valence-corrected chi connectivity index (χ1v) is 8.20. The number of alkyl halides is 2. The zero-order valence-corrected chi connectivity index (χ0v) is 13.8. The van der Waals surface area contributed by atoms with Crippen LogP contribution < -0.4 is 10.2 Å². The molecule has 3 aromatic heterocycles. The zero-order chi connectivity index (χ0) is 18.1. The monoisotopic (exact) mass is 361 g/mol. The minimum Gasteiger partial charge on any atom is -0.368 e. The Morgan fingerprint density at radius 1 is 1.15 bits per heavy atom. The molecule has 0 bridgehead atoms. The van der Waals surface area contributed by atoms with Crippen molar-refractivity contribution in [1.29, 1.82) is 0 Å². The van der Waals surface area contributed by atoms with Gasteiger partial charge in [0, 0.05) is 32.1 Å². The first-order valence-electron chi connectivity index (χ1n) is 8.20. The summed E-state index contributed by atoms with van der Waals surface area (Å²) in [4.78, 5) is 13.8. The van der Waals surface area contributed by atoms with Gasteiger partial charge in [0.15, 0.2) is 11.9 Å². The fourth-order valence-electron chi connectivity index (χ4n) is 2.89. The predicted molar refractivity (Wildman–Crippen MR) is 90.0 cm³/mol. The molecule has 1 unspecified atom stereocenters. The van der Waals surface area contributed by atoms with E-state index in [0.29, 0.717) is 23.0 Å². The Morgan fingerprint density at radius 3 is 2.69 bits per heavy atom. The normalized spacial score (nSPS) is 18.0. The van der Waals surface area contributed by atoms with Gasteiger partial charge in [-0.2, -0.15) is 0 Å². The van der Waals surface area contributed by atoms with E-state index >= 15 is 0 Å². The molecule has 3 aromatic rings. The van der Waals surface area contributed by atoms with Crippen LogP contribution in [0, 0.1) is 0 Å². The number of aliphatic hydroxyl groups is 1. The van der Waals surface area contributed by atoms with Crippen LogP contribution in [0.2, 0.25) is 0 Å². The highest BCUT2D eigenvalue weighted by Crippen LogP contribution is 2.30. The van der Waals surface area contributed by atoms with E-state index in [1.807, 2.05) is 4.90 Å². The summed E-state index contributed by atoms with van der Waals surface area (Å²) in [5.74, 6) is -1.59. The molecule has 136 valence electrons. The molecule has 0 radical (unpaired) electrons. The van der Waals surface area contributed by atoms with Gasteiger partial charge in [0.25, 0.3) is 5.92 Å². The van der Waals surface area contributed by atoms with Gasteiger partial charge in [-0.3, -0.25) is 0 Å². The molecule has 0 amide bonds. The summed E-state index contributed by atoms with van der Waals surface area (Å²) in [5.41, 5.74) is 0.970. The van der Waals surface area contributed by atoms with Crippen LogP contribution >= 0.6 is 0 Å². The van der Waals surface area contributed by atoms with Gasteiger partial charge < -0.3 is 15.3 Å². The van der Waals surface area contributed by atoms with Gasteiger partial charge in [0.05, 0.1) is 6.20 Å². The fraction of sp³-hybridized carbons (Fsp3) is 0.375. The van der Waals surface area contributed by atoms with Gasteiger partial charge in [-0.15, -0.1) is 5.10 Å². The van der Waals surface area contributed by atoms with Crippen molar-refractivity contribution in [2.45, 2.75) is 25.0 Å². The summed E-state index contributed by atoms with van der Waals surface area (Å²) in [5, 5.41) is 17.8. The number of piperidine rings is 1. The van der Waals surface area contributed by atoms with Crippen LogP contribution in [-0.2, 0) is 0 Å². The van der Waals surface area contributed by atoms with Gasteiger partial charge in [-0.1, -0.05) is 0 Å². The van der Waals surface area contributed by atoms with Crippen molar-refractivity contribution in [2.75, 3.05) is 23.3 Å². The van der Waals surface area contributed by atoms with E-state index in [1.165, 1.54) is 17.0 Å². The second-order valence-corrected chi connectivity index (χ2v) is 6.13. The summed E-state index contributed by atoms with van der Waals surface area (Å²) in [6.07, 6.45) is 2.96. The summed E-state index contributed by atoms with van der Waals surface area (Å²) < 4.78 is 28.2. The largest absolute Gasteiger partial charge is 0.368 e. The highest BCUT2D eigenvalue weighted by atomic mass is 19.3. The Kier molecular flexibility index (Phi) is 4.11. The molecule has 0 aliphatic carbocycles. The number of anilines is 2. The maximum atomic E-state index is 13.4. The third kappa shape index (κ3) is 3.27. The molecule has 2 N–H and O–H groups in total. The van der Waals surface area contributed by atoms with Crippen molar-refractivity contribution in [3.8, 4) is 0 Å². The Labute approximate surface area is 147 Å². The molecule has 1 aliphatic rings. The molecule has 10 heteroatoms. The van der Waals surface area contributed by atoms with Gasteiger partial charge in [-0.25, -0.2) is 28.2 Å². The van der Waals surface area contributed by atoms with Crippen LogP contribution in [0.25, 0.3) is 5.65 Å². The summed E-state index contributed by atoms with van der Waals surface area (Å²) in [7, 11) is 0. The van der Waals surface area contributed by atoms with E-state index in [9.17, 15) is 13.9 Å². The maximum absolute atomic E-state index is 13.4. The highest BCUT2D eigenvalue weighted by Gasteiger charge is 2.34. The smallest absolute Gasteiger partial charge is 0.251 e. The molecule has 0 spiro atoms. The Hall–Kier alpha value is -2.88. The fourth-order valence-corrected chi connectivity index (χ4v) is 2.89. The number of aliphatic hydroxyl groups excluding tert-OH is 1. The highest BCUT2D eigenvalue weighted by molar-refractivity contribution is 5.48. The second kappa shape index (κ2) is 6.45. The number of imidazole rings is 1. The molecule has 0 saturated carbocycles. The minimum atomic E-state index is -2.61. The van der Waals surface area contributed by atoms with E-state index in [1.54, 1.807) is 24.4 Å². The number of hydrogen-bond acceptors (Lipinski definition) is 7. The van der Waals surface area contributed by atoms with Gasteiger partial charge in [0.2, 0.25) is 0 Å². The van der Waals surface area contributed by atoms with Crippen molar-refractivity contribution in [2.24, 2.45) is 0 Å². The summed E-state index contributed by atoms with van der Waals surface area (Å²) in [6, 6.07) is 5.12. The topological polar surface area (TPSA) is 91.5 Å². The molecule has 4 rings (SSSR count). The number of nitrogens with one attached hydrogen (secondary N) is 1. The summed E-state index contributed by atoms with van der Waals surface area (Å²) >= 11 is 0. The average Bonchev–Trinajstić information content (AvgIpc) is 3.06. The predicted octanol–water partition coefficient (Wildman–Crippen LogP) is 1.86. The third-order valence-electron chi connectivity index (χ3n) is 4.34. The Bertz CT molecular complexity index is 892. The standard InChI is InChI=1S/C16H17F2N7O/c17-16(18)4-7-24(8-5-16)14-2-1-13-20-9-11(25(13)23-14)15(26)22-12-3-6-19-10-21-12/h1-3,6,9-10,15,26H,4-5,7-8H2,(H,19,21,22). The molecule has 1 atom stereocenters. The lowest BCUT2D eigenvalue weighted by Gasteiger charge is -2.32. The van der Waals surface area contributed by atoms with Crippen molar-refractivity contribution >= 4 is 17.3 Å². The van der Waals surface area contributed by atoms with Crippen LogP contribution in [0.1, 0.15) is 24.8 Å². The lowest BCUT2D eigenvalue weighted by Crippen LogP contribution is -2.40. The SMILES string of the molecule is OC(Nc1ccncn1)c1cnc2ccc(N3CCC(F)(F)CC3)nn12. The van der Waals surface area contributed by atoms with Crippen molar-refractivity contribution in [3.63, 3.8) is 0 Å². The van der Waals surface area contributed by atoms with Crippen molar-refractivity contribution in [3.05, 3.63) is 42.6 Å². The van der Waals surface area contributed by atoms with Crippen LogP contribution in [0.5, 0.6) is 0 Å². The summed E-state index contributed by atoms with van der Waals surface area (Å²) in [6.45, 7) is 0.467. The molecule has 4 heterocycles. The number of nitrogens with zero attached hydrogens (tertiary/aromatic N) is 6. The molecule has 1 aliphatic heterocycles. The minimum absolute atomic E-state index is 0.193. The quantitative estimate of drug-likeness (QED) is 0.685. The lowest BCUT2D eigenvalue weighted by molar-refractivity contribution is -0.0221. The average molecular weight is 361 g/mol. The second-order valence-electron chi connectivity index (χ2n) is 6.13. The maximum Gasteiger partial charge on any atom is 0.251 e. The van der Waals surface area contributed by atoms with Crippen LogP contribution in [0.15, 0.2) is 36.9 Å². The molecule has 1 fully saturated rings. The van der Waals surface area contributed by atoms with E-state index in [4.69, 9.17) is 0 Å². The molecule has 0 aromatic carbocycles. The molecular formula is C16H17F2N7O. The van der Waals surface area contributed by atoms with Crippen LogP contribution in [0.4, 0.5) is 20.4 Å². The first-order chi connectivity index (χ1) is 12.5. The number of rotatable bonds is 4. The van der Waals surface area contributed by atoms with E-state index < -0.39 is 12.2 Å². The number of halogens is 2. The van der Waals surface area contributed by atoms with E-state index in [-0.39, 0.29) is 25.9 Å². The van der Waals surface area contributed by atoms with E-state index in [0.717, 1.165) is 0 Å². The molecule has 1 saturated heterocycles. The van der Waals surface area contributed by atoms with Crippen LogP contribution in [-0.4, -0.2) is 48.7 Å². The van der Waals surface area contributed by atoms with Gasteiger partial charge in [-0.05, 0) is 18.2 Å². The van der Waals surface area contributed by atoms with Gasteiger partial charge >= 0.3 is 0 Å². The zero-order valence-electron chi connectivity index (χ0n) is 13.8. The van der Waals surface area contributed by atoms with Crippen molar-refractivity contribution < 1.29 is 13.9 Å². The number of hydrogen-bond donors (Lipinski definition) is 2. The Balaban J connectivity index is 1.59. The third-order valence-corrected chi connectivity index (χ3v) is 4.34. The molecular weight excluding hydrogens is 344 g/mol. The molecule has 26 heavy (non-hydrogen) atoms. The lowest BCUT2D eigenvalue weighted by atomic mass is 10.1. The number of fused-ring (bicyclic) bond motifs is 1. The van der Waals surface area contributed by atoms with Gasteiger partial charge in [0.1, 0.15) is 23.7 Å². The van der Waals surface area contributed by atoms with Crippen molar-refractivity contribution in [1.82, 2.24) is 24.6 Å². The Morgan fingerprint density at radius 2 is 1.96 bits per heavy atom. The van der Waals surface area contributed by atoms with E-state index in [2.05, 4.69) is 25.4 Å².